The quantitative estimate of drug-likeness (QED) is 0.901. The van der Waals surface area contributed by atoms with Crippen LogP contribution >= 0.6 is 0 Å². The van der Waals surface area contributed by atoms with Crippen LogP contribution in [0.5, 0.6) is 5.75 Å². The number of aliphatic imine (C=N–C) groups is 1. The molecule has 1 aliphatic heterocycles. The normalized spacial score (nSPS) is 20.0. The van der Waals surface area contributed by atoms with Gasteiger partial charge >= 0.3 is 0 Å². The van der Waals surface area contributed by atoms with Crippen LogP contribution in [0.4, 0.5) is 15.9 Å². The Balaban J connectivity index is 1.96. The summed E-state index contributed by atoms with van der Waals surface area (Å²) in [5.41, 5.74) is 6.03. The molecule has 0 bridgehead atoms. The number of hydrogen-bond acceptors (Lipinski definition) is 6. The SMILES string of the molecule is COc1cccnc1Nc1ccc(F)c([C@]2(C)CCOC(N)=N2)c1. The first-order chi connectivity index (χ1) is 11.5. The molecule has 0 radical (unpaired) electrons. The van der Waals surface area contributed by atoms with Crippen molar-refractivity contribution in [1.82, 2.24) is 4.98 Å². The van der Waals surface area contributed by atoms with Gasteiger partial charge in [-0.3, -0.25) is 0 Å². The van der Waals surface area contributed by atoms with Crippen molar-refractivity contribution in [2.45, 2.75) is 18.9 Å². The van der Waals surface area contributed by atoms with E-state index in [0.717, 1.165) is 0 Å². The average molecular weight is 330 g/mol. The predicted molar refractivity (Wildman–Crippen MR) is 90.0 cm³/mol. The van der Waals surface area contributed by atoms with Crippen LogP contribution < -0.4 is 15.8 Å². The lowest BCUT2D eigenvalue weighted by Crippen LogP contribution is -2.34. The largest absolute Gasteiger partial charge is 0.493 e. The number of benzene rings is 1. The highest BCUT2D eigenvalue weighted by Gasteiger charge is 2.33. The molecule has 7 heteroatoms. The number of hydrogen-bond donors (Lipinski definition) is 2. The smallest absolute Gasteiger partial charge is 0.282 e. The standard InChI is InChI=1S/C17H19FN4O2/c1-17(7-9-24-16(19)22-17)12-10-11(5-6-13(12)18)21-15-14(23-2)4-3-8-20-15/h3-6,8,10H,7,9H2,1-2H3,(H2,19,22)(H,20,21)/t17-/m0/s1. The van der Waals surface area contributed by atoms with Crippen molar-refractivity contribution >= 4 is 17.5 Å². The number of amidine groups is 1. The van der Waals surface area contributed by atoms with Gasteiger partial charge in [0, 0.05) is 23.9 Å². The minimum atomic E-state index is -0.766. The summed E-state index contributed by atoms with van der Waals surface area (Å²) < 4.78 is 24.8. The van der Waals surface area contributed by atoms with E-state index in [1.54, 1.807) is 37.6 Å². The molecule has 24 heavy (non-hydrogen) atoms. The topological polar surface area (TPSA) is 81.8 Å². The third kappa shape index (κ3) is 3.10. The molecule has 1 atom stereocenters. The zero-order valence-corrected chi connectivity index (χ0v) is 13.5. The van der Waals surface area contributed by atoms with Crippen molar-refractivity contribution in [3.8, 4) is 5.75 Å². The summed E-state index contributed by atoms with van der Waals surface area (Å²) in [4.78, 5) is 8.53. The highest BCUT2D eigenvalue weighted by molar-refractivity contribution is 5.73. The van der Waals surface area contributed by atoms with Gasteiger partial charge in [0.15, 0.2) is 11.6 Å². The van der Waals surface area contributed by atoms with Crippen LogP contribution in [0.25, 0.3) is 0 Å². The first kappa shape index (κ1) is 16.0. The average Bonchev–Trinajstić information content (AvgIpc) is 2.57. The van der Waals surface area contributed by atoms with Crippen molar-refractivity contribution in [3.63, 3.8) is 0 Å². The van der Waals surface area contributed by atoms with E-state index in [0.29, 0.717) is 35.8 Å². The Morgan fingerprint density at radius 1 is 1.38 bits per heavy atom. The first-order valence-electron chi connectivity index (χ1n) is 7.56. The number of methoxy groups -OCH3 is 1. The van der Waals surface area contributed by atoms with Gasteiger partial charge in [-0.05, 0) is 37.3 Å². The summed E-state index contributed by atoms with van der Waals surface area (Å²) in [5, 5.41) is 3.14. The summed E-state index contributed by atoms with van der Waals surface area (Å²) in [6, 6.07) is 8.41. The molecule has 1 aromatic carbocycles. The first-order valence-corrected chi connectivity index (χ1v) is 7.56. The van der Waals surface area contributed by atoms with Gasteiger partial charge in [0.05, 0.1) is 19.3 Å². The predicted octanol–water partition coefficient (Wildman–Crippen LogP) is 2.92. The van der Waals surface area contributed by atoms with Crippen molar-refractivity contribution in [2.24, 2.45) is 10.7 Å². The molecule has 1 aromatic heterocycles. The molecule has 126 valence electrons. The minimum Gasteiger partial charge on any atom is -0.493 e. The second-order valence-electron chi connectivity index (χ2n) is 5.70. The van der Waals surface area contributed by atoms with Gasteiger partial charge in [0.25, 0.3) is 6.02 Å². The molecule has 0 amide bonds. The number of rotatable bonds is 4. The van der Waals surface area contributed by atoms with E-state index >= 15 is 0 Å². The van der Waals surface area contributed by atoms with Crippen molar-refractivity contribution in [1.29, 1.82) is 0 Å². The molecule has 0 aliphatic carbocycles. The minimum absolute atomic E-state index is 0.0768. The number of nitrogens with two attached hydrogens (primary N) is 1. The molecule has 2 aromatic rings. The highest BCUT2D eigenvalue weighted by Crippen LogP contribution is 2.36. The van der Waals surface area contributed by atoms with Crippen molar-refractivity contribution in [3.05, 3.63) is 47.9 Å². The monoisotopic (exact) mass is 330 g/mol. The fourth-order valence-electron chi connectivity index (χ4n) is 2.68. The van der Waals surface area contributed by atoms with E-state index in [1.807, 2.05) is 6.92 Å². The number of ether oxygens (including phenoxy) is 2. The third-order valence-corrected chi connectivity index (χ3v) is 4.00. The Morgan fingerprint density at radius 3 is 2.96 bits per heavy atom. The summed E-state index contributed by atoms with van der Waals surface area (Å²) >= 11 is 0. The fraction of sp³-hybridized carbons (Fsp3) is 0.294. The zero-order chi connectivity index (χ0) is 17.2. The van der Waals surface area contributed by atoms with Crippen LogP contribution in [0.15, 0.2) is 41.5 Å². The second-order valence-corrected chi connectivity index (χ2v) is 5.70. The van der Waals surface area contributed by atoms with Crippen molar-refractivity contribution < 1.29 is 13.9 Å². The molecule has 3 rings (SSSR count). The number of aromatic nitrogens is 1. The van der Waals surface area contributed by atoms with Crippen LogP contribution in [0, 0.1) is 5.82 Å². The number of nitrogens with one attached hydrogen (secondary N) is 1. The van der Waals surface area contributed by atoms with E-state index in [-0.39, 0.29) is 11.8 Å². The maximum Gasteiger partial charge on any atom is 0.282 e. The molecular formula is C17H19FN4O2. The molecule has 6 nitrogen and oxygen atoms in total. The molecule has 0 saturated carbocycles. The lowest BCUT2D eigenvalue weighted by atomic mass is 9.88. The van der Waals surface area contributed by atoms with E-state index in [9.17, 15) is 4.39 Å². The van der Waals surface area contributed by atoms with Gasteiger partial charge in [-0.1, -0.05) is 0 Å². The number of nitrogens with zero attached hydrogens (tertiary/aromatic N) is 2. The number of halogens is 1. The maximum absolute atomic E-state index is 14.4. The Bertz CT molecular complexity index is 781. The van der Waals surface area contributed by atoms with Crippen LogP contribution in [0.1, 0.15) is 18.9 Å². The molecule has 0 unspecified atom stereocenters. The van der Waals surface area contributed by atoms with Crippen LogP contribution in [0.2, 0.25) is 0 Å². The lowest BCUT2D eigenvalue weighted by molar-refractivity contribution is 0.215. The van der Waals surface area contributed by atoms with Gasteiger partial charge in [-0.25, -0.2) is 14.4 Å². The molecule has 1 aliphatic rings. The van der Waals surface area contributed by atoms with Crippen LogP contribution in [-0.4, -0.2) is 24.7 Å². The van der Waals surface area contributed by atoms with Gasteiger partial charge in [0.2, 0.25) is 0 Å². The highest BCUT2D eigenvalue weighted by atomic mass is 19.1. The van der Waals surface area contributed by atoms with E-state index < -0.39 is 5.54 Å². The molecule has 2 heterocycles. The zero-order valence-electron chi connectivity index (χ0n) is 13.5. The molecule has 0 spiro atoms. The van der Waals surface area contributed by atoms with Gasteiger partial charge < -0.3 is 20.5 Å². The Hall–Kier alpha value is -2.83. The molecule has 3 N–H and O–H groups in total. The summed E-state index contributed by atoms with van der Waals surface area (Å²) in [7, 11) is 1.57. The van der Waals surface area contributed by atoms with Gasteiger partial charge in [-0.2, -0.15) is 0 Å². The van der Waals surface area contributed by atoms with E-state index in [4.69, 9.17) is 15.2 Å². The summed E-state index contributed by atoms with van der Waals surface area (Å²) in [6.45, 7) is 2.24. The lowest BCUT2D eigenvalue weighted by Gasteiger charge is -2.30. The fourth-order valence-corrected chi connectivity index (χ4v) is 2.68. The Labute approximate surface area is 139 Å². The molecule has 0 fully saturated rings. The maximum atomic E-state index is 14.4. The van der Waals surface area contributed by atoms with Crippen molar-refractivity contribution in [2.75, 3.05) is 19.0 Å². The second kappa shape index (κ2) is 6.35. The van der Waals surface area contributed by atoms with Gasteiger partial charge in [-0.15, -0.1) is 0 Å². The van der Waals surface area contributed by atoms with Gasteiger partial charge in [0.1, 0.15) is 5.82 Å². The molecular weight excluding hydrogens is 311 g/mol. The Morgan fingerprint density at radius 2 is 2.21 bits per heavy atom. The Kier molecular flexibility index (Phi) is 4.24. The number of anilines is 2. The third-order valence-electron chi connectivity index (χ3n) is 4.00. The van der Waals surface area contributed by atoms with E-state index in [2.05, 4.69) is 15.3 Å². The summed E-state index contributed by atoms with van der Waals surface area (Å²) in [5.74, 6) is 0.815. The van der Waals surface area contributed by atoms with Crippen LogP contribution in [-0.2, 0) is 10.3 Å². The number of pyridine rings is 1. The molecule has 0 saturated heterocycles. The summed E-state index contributed by atoms with van der Waals surface area (Å²) in [6.07, 6.45) is 2.20. The van der Waals surface area contributed by atoms with Crippen LogP contribution in [0.3, 0.4) is 0 Å². The van der Waals surface area contributed by atoms with E-state index in [1.165, 1.54) is 6.07 Å².